The van der Waals surface area contributed by atoms with Gasteiger partial charge in [0.05, 0.1) is 10.6 Å². The first-order chi connectivity index (χ1) is 11.8. The van der Waals surface area contributed by atoms with Gasteiger partial charge in [0, 0.05) is 24.9 Å². The molecule has 1 aromatic carbocycles. The molecule has 0 spiro atoms. The second-order valence-corrected chi connectivity index (χ2v) is 10.4. The van der Waals surface area contributed by atoms with E-state index in [0.29, 0.717) is 18.8 Å². The molecule has 2 N–H and O–H groups in total. The van der Waals surface area contributed by atoms with E-state index < -0.39 is 19.9 Å². The number of nitrogens with two attached hydrogens (primary N) is 1. The maximum absolute atomic E-state index is 12.8. The molecule has 1 atom stereocenters. The minimum atomic E-state index is -3.59. The lowest BCUT2D eigenvalue weighted by atomic mass is 10.1. The van der Waals surface area contributed by atoms with Crippen LogP contribution in [0.2, 0.25) is 0 Å². The molecule has 0 aromatic heterocycles. The quantitative estimate of drug-likeness (QED) is 0.710. The van der Waals surface area contributed by atoms with Crippen molar-refractivity contribution in [1.82, 2.24) is 4.31 Å². The predicted molar refractivity (Wildman–Crippen MR) is 96.9 cm³/mol. The minimum absolute atomic E-state index is 0.0453. The summed E-state index contributed by atoms with van der Waals surface area (Å²) in [5, 5.41) is 0. The number of benzene rings is 1. The van der Waals surface area contributed by atoms with E-state index in [4.69, 9.17) is 10.5 Å². The van der Waals surface area contributed by atoms with Gasteiger partial charge < -0.3 is 10.5 Å². The van der Waals surface area contributed by atoms with E-state index in [1.54, 1.807) is 19.1 Å². The van der Waals surface area contributed by atoms with Gasteiger partial charge in [-0.2, -0.15) is 4.31 Å². The normalized spacial score (nSPS) is 19.7. The Hall–Kier alpha value is -1.16. The fourth-order valence-corrected chi connectivity index (χ4v) is 5.13. The third-order valence-electron chi connectivity index (χ3n) is 4.38. The molecule has 0 aliphatic carbocycles. The molecule has 0 amide bonds. The zero-order valence-electron chi connectivity index (χ0n) is 14.4. The molecule has 1 fully saturated rings. The molecule has 0 saturated carbocycles. The molecule has 9 heteroatoms. The van der Waals surface area contributed by atoms with Crippen LogP contribution in [-0.2, 0) is 19.9 Å². The smallest absolute Gasteiger partial charge is 0.243 e. The third kappa shape index (κ3) is 5.16. The molecule has 0 radical (unpaired) electrons. The summed E-state index contributed by atoms with van der Waals surface area (Å²) in [5.74, 6) is 0.459. The van der Waals surface area contributed by atoms with Gasteiger partial charge in [0.1, 0.15) is 12.4 Å². The van der Waals surface area contributed by atoms with Crippen LogP contribution in [-0.4, -0.2) is 58.4 Å². The molecule has 1 heterocycles. The Morgan fingerprint density at radius 3 is 2.44 bits per heavy atom. The SMILES string of the molecule is CCS(=O)(=O)CCOc1ccc(S(=O)(=O)N2CCCCC2CN)cc1. The fourth-order valence-electron chi connectivity index (χ4n) is 2.80. The van der Waals surface area contributed by atoms with Crippen molar-refractivity contribution in [3.63, 3.8) is 0 Å². The third-order valence-corrected chi connectivity index (χ3v) is 8.01. The molecular formula is C16H26N2O5S2. The summed E-state index contributed by atoms with van der Waals surface area (Å²) in [5.41, 5.74) is 5.72. The average Bonchev–Trinajstić information content (AvgIpc) is 2.62. The molecule has 2 rings (SSSR count). The van der Waals surface area contributed by atoms with Crippen LogP contribution in [0.15, 0.2) is 29.2 Å². The van der Waals surface area contributed by atoms with Crippen molar-refractivity contribution < 1.29 is 21.6 Å². The van der Waals surface area contributed by atoms with Gasteiger partial charge in [0.25, 0.3) is 0 Å². The van der Waals surface area contributed by atoms with Gasteiger partial charge in [0.2, 0.25) is 10.0 Å². The van der Waals surface area contributed by atoms with Gasteiger partial charge in [-0.3, -0.25) is 0 Å². The van der Waals surface area contributed by atoms with Crippen molar-refractivity contribution in [2.24, 2.45) is 5.73 Å². The Labute approximate surface area is 150 Å². The highest BCUT2D eigenvalue weighted by Gasteiger charge is 2.32. The number of piperidine rings is 1. The number of nitrogens with zero attached hydrogens (tertiary/aromatic N) is 1. The monoisotopic (exact) mass is 390 g/mol. The van der Waals surface area contributed by atoms with E-state index in [1.807, 2.05) is 0 Å². The Balaban J connectivity index is 2.05. The number of sulfonamides is 1. The Morgan fingerprint density at radius 2 is 1.84 bits per heavy atom. The molecule has 1 unspecified atom stereocenters. The highest BCUT2D eigenvalue weighted by molar-refractivity contribution is 7.91. The minimum Gasteiger partial charge on any atom is -0.493 e. The molecule has 7 nitrogen and oxygen atoms in total. The Kier molecular flexibility index (Phi) is 6.84. The molecule has 1 aliphatic heterocycles. The first kappa shape index (κ1) is 20.2. The summed E-state index contributed by atoms with van der Waals surface area (Å²) >= 11 is 0. The van der Waals surface area contributed by atoms with Crippen LogP contribution in [0.5, 0.6) is 5.75 Å². The first-order valence-electron chi connectivity index (χ1n) is 8.45. The summed E-state index contributed by atoms with van der Waals surface area (Å²) < 4.78 is 55.4. The molecule has 0 bridgehead atoms. The molecule has 142 valence electrons. The zero-order valence-corrected chi connectivity index (χ0v) is 16.1. The molecule has 1 aromatic rings. The first-order valence-corrected chi connectivity index (χ1v) is 11.7. The maximum atomic E-state index is 12.8. The highest BCUT2D eigenvalue weighted by atomic mass is 32.2. The van der Waals surface area contributed by atoms with Crippen molar-refractivity contribution >= 4 is 19.9 Å². The standard InChI is InChI=1S/C16H26N2O5S2/c1-2-24(19,20)12-11-23-15-6-8-16(9-7-15)25(21,22)18-10-4-3-5-14(18)13-17/h6-9,14H,2-5,10-13,17H2,1H3. The number of ether oxygens (including phenoxy) is 1. The van der Waals surface area contributed by atoms with Gasteiger partial charge >= 0.3 is 0 Å². The highest BCUT2D eigenvalue weighted by Crippen LogP contribution is 2.26. The average molecular weight is 391 g/mol. The lowest BCUT2D eigenvalue weighted by Gasteiger charge is -2.33. The molecule has 25 heavy (non-hydrogen) atoms. The maximum Gasteiger partial charge on any atom is 0.243 e. The van der Waals surface area contributed by atoms with Crippen molar-refractivity contribution in [2.45, 2.75) is 37.1 Å². The summed E-state index contributed by atoms with van der Waals surface area (Å²) in [6.45, 7) is 2.43. The number of sulfone groups is 1. The van der Waals surface area contributed by atoms with Crippen molar-refractivity contribution in [3.05, 3.63) is 24.3 Å². The van der Waals surface area contributed by atoms with Crippen LogP contribution in [0.4, 0.5) is 0 Å². The van der Waals surface area contributed by atoms with E-state index in [2.05, 4.69) is 0 Å². The van der Waals surface area contributed by atoms with E-state index in [1.165, 1.54) is 16.4 Å². The van der Waals surface area contributed by atoms with Crippen LogP contribution >= 0.6 is 0 Å². The molecular weight excluding hydrogens is 364 g/mol. The Morgan fingerprint density at radius 1 is 1.16 bits per heavy atom. The summed E-state index contributed by atoms with van der Waals surface area (Å²) in [7, 11) is -6.67. The lowest BCUT2D eigenvalue weighted by Crippen LogP contribution is -2.47. The summed E-state index contributed by atoms with van der Waals surface area (Å²) in [4.78, 5) is 0.196. The zero-order chi connectivity index (χ0) is 18.5. The second-order valence-electron chi connectivity index (χ2n) is 6.06. The van der Waals surface area contributed by atoms with E-state index in [-0.39, 0.29) is 29.0 Å². The van der Waals surface area contributed by atoms with E-state index >= 15 is 0 Å². The molecule has 1 aliphatic rings. The van der Waals surface area contributed by atoms with Gasteiger partial charge in [-0.15, -0.1) is 0 Å². The van der Waals surface area contributed by atoms with Gasteiger partial charge in [-0.25, -0.2) is 16.8 Å². The van der Waals surface area contributed by atoms with Crippen LogP contribution in [0.1, 0.15) is 26.2 Å². The van der Waals surface area contributed by atoms with Crippen molar-refractivity contribution in [2.75, 3.05) is 31.2 Å². The Bertz CT molecular complexity index is 760. The number of rotatable bonds is 8. The van der Waals surface area contributed by atoms with Crippen LogP contribution in [0.25, 0.3) is 0 Å². The van der Waals surface area contributed by atoms with Crippen LogP contribution < -0.4 is 10.5 Å². The van der Waals surface area contributed by atoms with Gasteiger partial charge in [0.15, 0.2) is 9.84 Å². The van der Waals surface area contributed by atoms with Gasteiger partial charge in [-0.05, 0) is 37.1 Å². The lowest BCUT2D eigenvalue weighted by molar-refractivity contribution is 0.257. The number of hydrogen-bond donors (Lipinski definition) is 1. The van der Waals surface area contributed by atoms with Crippen LogP contribution in [0.3, 0.4) is 0 Å². The topological polar surface area (TPSA) is 107 Å². The van der Waals surface area contributed by atoms with E-state index in [0.717, 1.165) is 19.3 Å². The van der Waals surface area contributed by atoms with Gasteiger partial charge in [-0.1, -0.05) is 13.3 Å². The molecule has 1 saturated heterocycles. The fraction of sp³-hybridized carbons (Fsp3) is 0.625. The number of hydrogen-bond acceptors (Lipinski definition) is 6. The van der Waals surface area contributed by atoms with Crippen molar-refractivity contribution in [1.29, 1.82) is 0 Å². The predicted octanol–water partition coefficient (Wildman–Crippen LogP) is 1.00. The largest absolute Gasteiger partial charge is 0.493 e. The van der Waals surface area contributed by atoms with Crippen LogP contribution in [0, 0.1) is 0 Å². The van der Waals surface area contributed by atoms with Crippen molar-refractivity contribution in [3.8, 4) is 5.75 Å². The van der Waals surface area contributed by atoms with E-state index in [9.17, 15) is 16.8 Å². The summed E-state index contributed by atoms with van der Waals surface area (Å²) in [6.07, 6.45) is 2.60. The second kappa shape index (κ2) is 8.48. The summed E-state index contributed by atoms with van der Waals surface area (Å²) in [6, 6.07) is 5.91.